The van der Waals surface area contributed by atoms with Gasteiger partial charge in [-0.1, -0.05) is 29.3 Å². The van der Waals surface area contributed by atoms with Crippen LogP contribution in [-0.4, -0.2) is 9.97 Å². The molecule has 134 valence electrons. The lowest BCUT2D eigenvalue weighted by Gasteiger charge is -2.15. The second-order valence-electron chi connectivity index (χ2n) is 5.58. The van der Waals surface area contributed by atoms with Crippen LogP contribution in [0, 0.1) is 6.92 Å². The van der Waals surface area contributed by atoms with Crippen molar-refractivity contribution in [3.8, 4) is 0 Å². The molecule has 0 fully saturated rings. The fraction of sp³-hybridized carbons (Fsp3) is 0.111. The van der Waals surface area contributed by atoms with Crippen LogP contribution in [0.5, 0.6) is 0 Å². The Bertz CT molecular complexity index is 894. The van der Waals surface area contributed by atoms with Gasteiger partial charge in [0, 0.05) is 22.6 Å². The number of rotatable bonds is 4. The average molecular weight is 379 g/mol. The van der Waals surface area contributed by atoms with Crippen molar-refractivity contribution in [2.24, 2.45) is 0 Å². The first-order valence-electron chi connectivity index (χ1n) is 7.62. The Morgan fingerprint density at radius 3 is 2.08 bits per heavy atom. The first-order valence-corrected chi connectivity index (χ1v) is 7.99. The number of aromatic nitrogens is 2. The summed E-state index contributed by atoms with van der Waals surface area (Å²) >= 11 is 5.82. The highest BCUT2D eigenvalue weighted by molar-refractivity contribution is 6.30. The maximum atomic E-state index is 13.3. The zero-order valence-electron chi connectivity index (χ0n) is 13.6. The van der Waals surface area contributed by atoms with E-state index >= 15 is 0 Å². The molecule has 3 rings (SSSR count). The van der Waals surface area contributed by atoms with E-state index in [1.54, 1.807) is 48.5 Å². The van der Waals surface area contributed by atoms with Gasteiger partial charge in [0.05, 0.1) is 0 Å². The molecule has 0 saturated carbocycles. The maximum Gasteiger partial charge on any atom is 0.421 e. The average Bonchev–Trinajstić information content (AvgIpc) is 2.58. The molecule has 0 bridgehead atoms. The fourth-order valence-corrected chi connectivity index (χ4v) is 2.31. The van der Waals surface area contributed by atoms with Crippen LogP contribution >= 0.6 is 11.6 Å². The topological polar surface area (TPSA) is 49.8 Å². The lowest BCUT2D eigenvalue weighted by molar-refractivity contribution is -0.137. The smallest absolute Gasteiger partial charge is 0.340 e. The minimum Gasteiger partial charge on any atom is -0.340 e. The first kappa shape index (κ1) is 18.0. The largest absolute Gasteiger partial charge is 0.421 e. The molecule has 0 aliphatic heterocycles. The molecule has 0 aliphatic carbocycles. The molecule has 0 amide bonds. The number of benzene rings is 2. The summed E-state index contributed by atoms with van der Waals surface area (Å²) in [4.78, 5) is 7.75. The first-order chi connectivity index (χ1) is 12.3. The van der Waals surface area contributed by atoms with Crippen LogP contribution in [0.2, 0.25) is 5.02 Å². The number of alkyl halides is 3. The third-order valence-corrected chi connectivity index (χ3v) is 3.76. The van der Waals surface area contributed by atoms with Crippen molar-refractivity contribution in [1.82, 2.24) is 9.97 Å². The van der Waals surface area contributed by atoms with Crippen LogP contribution in [0.15, 0.2) is 54.7 Å². The predicted octanol–water partition coefficient (Wildman–Crippen LogP) is 5.94. The molecule has 1 aromatic heterocycles. The number of hydrogen-bond donors (Lipinski definition) is 2. The predicted molar refractivity (Wildman–Crippen MR) is 96.2 cm³/mol. The van der Waals surface area contributed by atoms with Crippen LogP contribution < -0.4 is 10.6 Å². The molecule has 4 nitrogen and oxygen atoms in total. The SMILES string of the molecule is Cc1ccc(Nc2nc(Nc3ccc(Cl)cc3)ncc2C(F)(F)F)cc1. The molecule has 0 atom stereocenters. The van der Waals surface area contributed by atoms with E-state index in [0.29, 0.717) is 16.4 Å². The lowest BCUT2D eigenvalue weighted by Crippen LogP contribution is -2.12. The van der Waals surface area contributed by atoms with Crippen molar-refractivity contribution in [1.29, 1.82) is 0 Å². The summed E-state index contributed by atoms with van der Waals surface area (Å²) in [6.07, 6.45) is -3.83. The highest BCUT2D eigenvalue weighted by atomic mass is 35.5. The van der Waals surface area contributed by atoms with E-state index in [4.69, 9.17) is 11.6 Å². The van der Waals surface area contributed by atoms with Gasteiger partial charge >= 0.3 is 6.18 Å². The Balaban J connectivity index is 1.93. The van der Waals surface area contributed by atoms with E-state index in [2.05, 4.69) is 20.6 Å². The summed E-state index contributed by atoms with van der Waals surface area (Å²) in [6, 6.07) is 13.6. The van der Waals surface area contributed by atoms with Gasteiger partial charge in [-0.25, -0.2) is 4.98 Å². The van der Waals surface area contributed by atoms with E-state index in [1.165, 1.54) is 0 Å². The van der Waals surface area contributed by atoms with E-state index in [9.17, 15) is 13.2 Å². The van der Waals surface area contributed by atoms with Crippen LogP contribution in [-0.2, 0) is 6.18 Å². The summed E-state index contributed by atoms with van der Waals surface area (Å²) in [5.41, 5.74) is 1.16. The van der Waals surface area contributed by atoms with Crippen molar-refractivity contribution in [2.45, 2.75) is 13.1 Å². The van der Waals surface area contributed by atoms with Gasteiger partial charge < -0.3 is 10.6 Å². The van der Waals surface area contributed by atoms with Crippen LogP contribution in [0.4, 0.5) is 36.3 Å². The van der Waals surface area contributed by atoms with E-state index in [-0.39, 0.29) is 11.8 Å². The van der Waals surface area contributed by atoms with Gasteiger partial charge in [0.25, 0.3) is 0 Å². The Morgan fingerprint density at radius 2 is 1.46 bits per heavy atom. The summed E-state index contributed by atoms with van der Waals surface area (Å²) in [5, 5.41) is 6.11. The van der Waals surface area contributed by atoms with Gasteiger partial charge in [-0.15, -0.1) is 0 Å². The maximum absolute atomic E-state index is 13.3. The highest BCUT2D eigenvalue weighted by Crippen LogP contribution is 2.35. The van der Waals surface area contributed by atoms with Crippen molar-refractivity contribution in [3.05, 3.63) is 70.9 Å². The fourth-order valence-electron chi connectivity index (χ4n) is 2.18. The van der Waals surface area contributed by atoms with Gasteiger partial charge in [0.2, 0.25) is 5.95 Å². The second-order valence-corrected chi connectivity index (χ2v) is 6.01. The molecule has 0 saturated heterocycles. The number of nitrogens with zero attached hydrogens (tertiary/aromatic N) is 2. The summed E-state index contributed by atoms with van der Waals surface area (Å²) in [5.74, 6) is -0.289. The number of aryl methyl sites for hydroxylation is 1. The standard InChI is InChI=1S/C18H14ClF3N4/c1-11-2-6-13(7-3-11)24-16-15(18(20,21)22)10-23-17(26-16)25-14-8-4-12(19)5-9-14/h2-10H,1H3,(H2,23,24,25,26). The molecule has 1 heterocycles. The van der Waals surface area contributed by atoms with Crippen molar-refractivity contribution in [2.75, 3.05) is 10.6 Å². The molecule has 8 heteroatoms. The zero-order chi connectivity index (χ0) is 18.7. The van der Waals surface area contributed by atoms with E-state index in [1.807, 2.05) is 6.92 Å². The molecule has 0 spiro atoms. The summed E-state index contributed by atoms with van der Waals surface area (Å²) in [7, 11) is 0. The minimum atomic E-state index is -4.58. The molecule has 0 radical (unpaired) electrons. The van der Waals surface area contributed by atoms with Gasteiger partial charge in [-0.05, 0) is 43.3 Å². The van der Waals surface area contributed by atoms with Gasteiger partial charge in [-0.2, -0.15) is 18.2 Å². The Hall–Kier alpha value is -2.80. The second kappa shape index (κ2) is 7.21. The third-order valence-electron chi connectivity index (χ3n) is 3.51. The van der Waals surface area contributed by atoms with Crippen molar-refractivity contribution in [3.63, 3.8) is 0 Å². The molecule has 0 aliphatic rings. The summed E-state index contributed by atoms with van der Waals surface area (Å²) in [6.45, 7) is 1.89. The molecular weight excluding hydrogens is 365 g/mol. The molecule has 26 heavy (non-hydrogen) atoms. The number of halogens is 4. The van der Waals surface area contributed by atoms with Crippen LogP contribution in [0.25, 0.3) is 0 Å². The minimum absolute atomic E-state index is 0.0370. The normalized spacial score (nSPS) is 11.3. The van der Waals surface area contributed by atoms with E-state index in [0.717, 1.165) is 11.8 Å². The Morgan fingerprint density at radius 1 is 0.885 bits per heavy atom. The molecule has 0 unspecified atom stereocenters. The van der Waals surface area contributed by atoms with Crippen molar-refractivity contribution < 1.29 is 13.2 Å². The number of anilines is 4. The quantitative estimate of drug-likeness (QED) is 0.589. The van der Waals surface area contributed by atoms with Crippen LogP contribution in [0.3, 0.4) is 0 Å². The zero-order valence-corrected chi connectivity index (χ0v) is 14.4. The van der Waals surface area contributed by atoms with Gasteiger partial charge in [-0.3, -0.25) is 0 Å². The Labute approximate surface area is 153 Å². The Kier molecular flexibility index (Phi) is 4.99. The lowest BCUT2D eigenvalue weighted by atomic mass is 10.2. The van der Waals surface area contributed by atoms with Crippen LogP contribution in [0.1, 0.15) is 11.1 Å². The number of nitrogens with one attached hydrogen (secondary N) is 2. The molecular formula is C18H14ClF3N4. The van der Waals surface area contributed by atoms with Crippen molar-refractivity contribution >= 4 is 34.7 Å². The highest BCUT2D eigenvalue weighted by Gasteiger charge is 2.35. The summed E-state index contributed by atoms with van der Waals surface area (Å²) < 4.78 is 39.8. The molecule has 3 aromatic rings. The van der Waals surface area contributed by atoms with Gasteiger partial charge in [0.1, 0.15) is 11.4 Å². The van der Waals surface area contributed by atoms with Gasteiger partial charge in [0.15, 0.2) is 0 Å². The monoisotopic (exact) mass is 378 g/mol. The molecule has 2 N–H and O–H groups in total. The molecule has 2 aromatic carbocycles. The van der Waals surface area contributed by atoms with E-state index < -0.39 is 11.7 Å². The number of hydrogen-bond acceptors (Lipinski definition) is 4. The third kappa shape index (κ3) is 4.43.